The molecule has 0 amide bonds. The van der Waals surface area contributed by atoms with E-state index in [1.165, 1.54) is 12.1 Å². The van der Waals surface area contributed by atoms with E-state index in [0.717, 1.165) is 12.1 Å². The molecule has 2 rings (SSSR count). The van der Waals surface area contributed by atoms with Gasteiger partial charge in [0.05, 0.1) is 12.2 Å². The first kappa shape index (κ1) is 14.8. The highest BCUT2D eigenvalue weighted by molar-refractivity contribution is 5.72. The molecular weight excluding hydrogens is 275 g/mol. The van der Waals surface area contributed by atoms with Crippen molar-refractivity contribution in [3.63, 3.8) is 0 Å². The smallest absolute Gasteiger partial charge is 0.416 e. The zero-order chi connectivity index (χ0) is 14.8. The van der Waals surface area contributed by atoms with Gasteiger partial charge in [-0.05, 0) is 17.7 Å². The Morgan fingerprint density at radius 1 is 1.35 bits per heavy atom. The van der Waals surface area contributed by atoms with E-state index < -0.39 is 23.8 Å². The second kappa shape index (κ2) is 5.80. The van der Waals surface area contributed by atoms with Gasteiger partial charge < -0.3 is 9.84 Å². The van der Waals surface area contributed by atoms with Crippen molar-refractivity contribution in [2.45, 2.75) is 18.8 Å². The standard InChI is InChI=1S/C13H14F3NO3/c14-13(15,16)10-3-1-9(2-4-10)7-17-5-6-20-11(8-17)12(18)19/h1-4,11H,5-8H2,(H,18,19). The van der Waals surface area contributed by atoms with E-state index in [4.69, 9.17) is 9.84 Å². The van der Waals surface area contributed by atoms with Crippen molar-refractivity contribution in [2.24, 2.45) is 0 Å². The monoisotopic (exact) mass is 289 g/mol. The normalized spacial score (nSPS) is 20.9. The Balaban J connectivity index is 1.98. The first-order valence-electron chi connectivity index (χ1n) is 6.09. The summed E-state index contributed by atoms with van der Waals surface area (Å²) in [4.78, 5) is 12.7. The number of hydrogen-bond donors (Lipinski definition) is 1. The van der Waals surface area contributed by atoms with Gasteiger partial charge in [-0.15, -0.1) is 0 Å². The van der Waals surface area contributed by atoms with E-state index in [1.54, 1.807) is 0 Å². The lowest BCUT2D eigenvalue weighted by Crippen LogP contribution is -2.45. The van der Waals surface area contributed by atoms with E-state index in [1.807, 2.05) is 4.90 Å². The van der Waals surface area contributed by atoms with Crippen LogP contribution in [-0.2, 0) is 22.3 Å². The number of benzene rings is 1. The fourth-order valence-corrected chi connectivity index (χ4v) is 2.05. The molecule has 7 heteroatoms. The molecule has 1 fully saturated rings. The number of hydrogen-bond acceptors (Lipinski definition) is 3. The minimum atomic E-state index is -4.34. The lowest BCUT2D eigenvalue weighted by atomic mass is 10.1. The topological polar surface area (TPSA) is 49.8 Å². The molecule has 1 aliphatic heterocycles. The number of halogens is 3. The maximum atomic E-state index is 12.4. The molecule has 1 saturated heterocycles. The molecule has 1 unspecified atom stereocenters. The van der Waals surface area contributed by atoms with Crippen molar-refractivity contribution in [1.82, 2.24) is 4.90 Å². The van der Waals surface area contributed by atoms with Gasteiger partial charge in [-0.25, -0.2) is 4.79 Å². The Kier molecular flexibility index (Phi) is 4.29. The van der Waals surface area contributed by atoms with Gasteiger partial charge in [0.25, 0.3) is 0 Å². The maximum Gasteiger partial charge on any atom is 0.416 e. The lowest BCUT2D eigenvalue weighted by molar-refractivity contribution is -0.156. The summed E-state index contributed by atoms with van der Waals surface area (Å²) in [5.74, 6) is -1.03. The average molecular weight is 289 g/mol. The molecule has 0 spiro atoms. The first-order chi connectivity index (χ1) is 9.36. The largest absolute Gasteiger partial charge is 0.479 e. The van der Waals surface area contributed by atoms with E-state index in [-0.39, 0.29) is 6.54 Å². The Labute approximate surface area is 113 Å². The highest BCUT2D eigenvalue weighted by Crippen LogP contribution is 2.29. The highest BCUT2D eigenvalue weighted by Gasteiger charge is 2.30. The van der Waals surface area contributed by atoms with Gasteiger partial charge in [0.15, 0.2) is 6.10 Å². The molecule has 1 heterocycles. The van der Waals surface area contributed by atoms with Crippen molar-refractivity contribution >= 4 is 5.97 Å². The number of nitrogens with zero attached hydrogens (tertiary/aromatic N) is 1. The van der Waals surface area contributed by atoms with Crippen LogP contribution in [0.4, 0.5) is 13.2 Å². The molecule has 1 aromatic rings. The van der Waals surface area contributed by atoms with Crippen LogP contribution in [0, 0.1) is 0 Å². The second-order valence-electron chi connectivity index (χ2n) is 4.63. The molecule has 0 aromatic heterocycles. The Morgan fingerprint density at radius 3 is 2.55 bits per heavy atom. The van der Waals surface area contributed by atoms with Crippen LogP contribution in [-0.4, -0.2) is 41.8 Å². The van der Waals surface area contributed by atoms with Crippen molar-refractivity contribution in [3.05, 3.63) is 35.4 Å². The Bertz CT molecular complexity index is 473. The number of carboxylic acid groups (broad SMARTS) is 1. The molecule has 0 aliphatic carbocycles. The molecule has 0 radical (unpaired) electrons. The molecule has 20 heavy (non-hydrogen) atoms. The van der Waals surface area contributed by atoms with Crippen LogP contribution in [0.1, 0.15) is 11.1 Å². The Morgan fingerprint density at radius 2 is 2.00 bits per heavy atom. The van der Waals surface area contributed by atoms with Crippen LogP contribution in [0.3, 0.4) is 0 Å². The van der Waals surface area contributed by atoms with Crippen LogP contribution in [0.2, 0.25) is 0 Å². The summed E-state index contributed by atoms with van der Waals surface area (Å²) in [6.07, 6.45) is -5.22. The number of rotatable bonds is 3. The summed E-state index contributed by atoms with van der Waals surface area (Å²) in [7, 11) is 0. The van der Waals surface area contributed by atoms with Gasteiger partial charge in [-0.3, -0.25) is 4.90 Å². The van der Waals surface area contributed by atoms with Gasteiger partial charge in [0, 0.05) is 19.6 Å². The minimum absolute atomic E-state index is 0.232. The van der Waals surface area contributed by atoms with Crippen molar-refractivity contribution < 1.29 is 27.8 Å². The number of ether oxygens (including phenoxy) is 1. The molecule has 0 bridgehead atoms. The van der Waals surface area contributed by atoms with Gasteiger partial charge in [0.1, 0.15) is 0 Å². The summed E-state index contributed by atoms with van der Waals surface area (Å²) in [6, 6.07) is 4.89. The van der Waals surface area contributed by atoms with Gasteiger partial charge in [0.2, 0.25) is 0 Å². The molecule has 4 nitrogen and oxygen atoms in total. The fraction of sp³-hybridized carbons (Fsp3) is 0.462. The summed E-state index contributed by atoms with van der Waals surface area (Å²) in [6.45, 7) is 1.50. The summed E-state index contributed by atoms with van der Waals surface area (Å²) < 4.78 is 42.4. The third kappa shape index (κ3) is 3.71. The van der Waals surface area contributed by atoms with Crippen LogP contribution < -0.4 is 0 Å². The molecule has 1 aromatic carbocycles. The van der Waals surface area contributed by atoms with Crippen molar-refractivity contribution in [2.75, 3.05) is 19.7 Å². The minimum Gasteiger partial charge on any atom is -0.479 e. The van der Waals surface area contributed by atoms with E-state index in [9.17, 15) is 18.0 Å². The summed E-state index contributed by atoms with van der Waals surface area (Å²) in [5, 5.41) is 8.87. The van der Waals surface area contributed by atoms with E-state index in [2.05, 4.69) is 0 Å². The molecule has 1 atom stereocenters. The summed E-state index contributed by atoms with van der Waals surface area (Å²) >= 11 is 0. The van der Waals surface area contributed by atoms with Crippen LogP contribution >= 0.6 is 0 Å². The zero-order valence-electron chi connectivity index (χ0n) is 10.6. The zero-order valence-corrected chi connectivity index (χ0v) is 10.6. The lowest BCUT2D eigenvalue weighted by Gasteiger charge is -2.30. The van der Waals surface area contributed by atoms with Crippen LogP contribution in [0.15, 0.2) is 24.3 Å². The number of aliphatic carboxylic acids is 1. The molecule has 1 aliphatic rings. The number of carboxylic acids is 1. The maximum absolute atomic E-state index is 12.4. The highest BCUT2D eigenvalue weighted by atomic mass is 19.4. The third-order valence-corrected chi connectivity index (χ3v) is 3.11. The first-order valence-corrected chi connectivity index (χ1v) is 6.09. The molecule has 1 N–H and O–H groups in total. The van der Waals surface area contributed by atoms with Gasteiger partial charge >= 0.3 is 12.1 Å². The summed E-state index contributed by atoms with van der Waals surface area (Å²) in [5.41, 5.74) is 0.0238. The fourth-order valence-electron chi connectivity index (χ4n) is 2.05. The third-order valence-electron chi connectivity index (χ3n) is 3.11. The van der Waals surface area contributed by atoms with Gasteiger partial charge in [-0.1, -0.05) is 12.1 Å². The SMILES string of the molecule is O=C(O)C1CN(Cc2ccc(C(F)(F)F)cc2)CCO1. The Hall–Kier alpha value is -1.60. The average Bonchev–Trinajstić information content (AvgIpc) is 2.38. The predicted molar refractivity (Wildman–Crippen MR) is 64.1 cm³/mol. The number of alkyl halides is 3. The van der Waals surface area contributed by atoms with E-state index >= 15 is 0 Å². The van der Waals surface area contributed by atoms with Crippen LogP contribution in [0.25, 0.3) is 0 Å². The predicted octanol–water partition coefficient (Wildman–Crippen LogP) is 1.99. The molecule has 110 valence electrons. The van der Waals surface area contributed by atoms with Crippen molar-refractivity contribution in [3.8, 4) is 0 Å². The molecular formula is C13H14F3NO3. The number of carbonyl (C=O) groups is 1. The van der Waals surface area contributed by atoms with E-state index in [0.29, 0.717) is 25.3 Å². The van der Waals surface area contributed by atoms with Crippen LogP contribution in [0.5, 0.6) is 0 Å². The van der Waals surface area contributed by atoms with Crippen molar-refractivity contribution in [1.29, 1.82) is 0 Å². The quantitative estimate of drug-likeness (QED) is 0.924. The van der Waals surface area contributed by atoms with Gasteiger partial charge in [-0.2, -0.15) is 13.2 Å². The molecule has 0 saturated carbocycles. The second-order valence-corrected chi connectivity index (χ2v) is 4.63. The number of morpholine rings is 1.